The van der Waals surface area contributed by atoms with E-state index in [2.05, 4.69) is 11.8 Å². The largest absolute Gasteiger partial charge is 1.00 e. The Labute approximate surface area is 56.4 Å². The molecule has 1 N–H and O–H groups in total. The standard InChI is InChI=1S/C3H8N2.2ClH/c1-4-5(2)3;;/h1H2,2-3H3;2*1H/p-1. The minimum absolute atomic E-state index is 0. The van der Waals surface area contributed by atoms with Crippen LogP contribution in [0.3, 0.4) is 0 Å². The van der Waals surface area contributed by atoms with E-state index >= 15 is 0 Å². The molecule has 0 unspecified atom stereocenters. The van der Waals surface area contributed by atoms with Gasteiger partial charge < -0.3 is 24.8 Å². The first-order valence-electron chi connectivity index (χ1n) is 1.47. The SMILES string of the molecule is C=[NH+]N(C)C.[Cl-].[Cl-]. The van der Waals surface area contributed by atoms with Gasteiger partial charge in [0.05, 0.1) is 14.1 Å². The van der Waals surface area contributed by atoms with Crippen LogP contribution in [0.1, 0.15) is 0 Å². The molecule has 0 heterocycles. The molecule has 0 aliphatic heterocycles. The van der Waals surface area contributed by atoms with Crippen molar-refractivity contribution in [3.8, 4) is 0 Å². The van der Waals surface area contributed by atoms with E-state index in [0.717, 1.165) is 0 Å². The smallest absolute Gasteiger partial charge is 0.155 e. The summed E-state index contributed by atoms with van der Waals surface area (Å²) >= 11 is 0. The number of nitrogens with zero attached hydrogens (tertiary/aromatic N) is 1. The summed E-state index contributed by atoms with van der Waals surface area (Å²) in [5, 5.41) is 4.38. The van der Waals surface area contributed by atoms with Crippen LogP contribution in [0.15, 0.2) is 0 Å². The van der Waals surface area contributed by atoms with Gasteiger partial charge in [-0.15, -0.1) is 5.10 Å². The first kappa shape index (κ1) is 15.7. The summed E-state index contributed by atoms with van der Waals surface area (Å²) in [5.41, 5.74) is 0. The van der Waals surface area contributed by atoms with Crippen molar-refractivity contribution < 1.29 is 29.9 Å². The molecule has 0 bridgehead atoms. The lowest BCUT2D eigenvalue weighted by Gasteiger charge is -1.89. The second-order valence-corrected chi connectivity index (χ2v) is 1.05. The molecule has 0 spiro atoms. The summed E-state index contributed by atoms with van der Waals surface area (Å²) in [7, 11) is 3.76. The zero-order valence-electron chi connectivity index (χ0n) is 4.41. The molecule has 7 heavy (non-hydrogen) atoms. The highest BCUT2D eigenvalue weighted by atomic mass is 35.5. The third kappa shape index (κ3) is 23.6. The van der Waals surface area contributed by atoms with E-state index in [0.29, 0.717) is 0 Å². The molecule has 0 aromatic carbocycles. The van der Waals surface area contributed by atoms with E-state index < -0.39 is 0 Å². The maximum atomic E-state index is 3.36. The molecule has 46 valence electrons. The fraction of sp³-hybridized carbons (Fsp3) is 0.667. The van der Waals surface area contributed by atoms with Crippen LogP contribution in [0.25, 0.3) is 0 Å². The second kappa shape index (κ2) is 9.41. The predicted molar refractivity (Wildman–Crippen MR) is 21.8 cm³/mol. The molecular formula is C3H9Cl2N2-. The van der Waals surface area contributed by atoms with E-state index in [1.54, 1.807) is 5.01 Å². The summed E-state index contributed by atoms with van der Waals surface area (Å²) in [6.07, 6.45) is 0. The molecular weight excluding hydrogens is 135 g/mol. The lowest BCUT2D eigenvalue weighted by atomic mass is 11.2. The number of nitrogens with one attached hydrogen (secondary N) is 1. The van der Waals surface area contributed by atoms with Crippen LogP contribution in [0.2, 0.25) is 0 Å². The molecule has 0 aliphatic rings. The highest BCUT2D eigenvalue weighted by Gasteiger charge is 1.69. The van der Waals surface area contributed by atoms with Gasteiger partial charge in [-0.2, -0.15) is 5.01 Å². The van der Waals surface area contributed by atoms with Gasteiger partial charge in [0, 0.05) is 0 Å². The number of rotatable bonds is 1. The molecule has 0 rings (SSSR count). The number of hydrogen-bond acceptors (Lipinski definition) is 1. The van der Waals surface area contributed by atoms with E-state index in [-0.39, 0.29) is 24.8 Å². The van der Waals surface area contributed by atoms with Crippen LogP contribution in [-0.4, -0.2) is 25.8 Å². The van der Waals surface area contributed by atoms with Crippen molar-refractivity contribution in [1.82, 2.24) is 5.01 Å². The van der Waals surface area contributed by atoms with Crippen molar-refractivity contribution in [3.63, 3.8) is 0 Å². The first-order valence-corrected chi connectivity index (χ1v) is 1.47. The molecule has 0 aromatic heterocycles. The Morgan fingerprint density at radius 1 is 1.29 bits per heavy atom. The van der Waals surface area contributed by atoms with Crippen LogP contribution in [-0.2, 0) is 0 Å². The molecule has 0 saturated heterocycles. The molecule has 0 radical (unpaired) electrons. The molecule has 4 heteroatoms. The van der Waals surface area contributed by atoms with Gasteiger partial charge in [0.1, 0.15) is 0 Å². The van der Waals surface area contributed by atoms with Crippen LogP contribution in [0, 0.1) is 0 Å². The second-order valence-electron chi connectivity index (χ2n) is 1.05. The lowest BCUT2D eigenvalue weighted by molar-refractivity contribution is -0.623. The van der Waals surface area contributed by atoms with Crippen molar-refractivity contribution in [2.45, 2.75) is 0 Å². The predicted octanol–water partition coefficient (Wildman–Crippen LogP) is -7.75. The van der Waals surface area contributed by atoms with Gasteiger partial charge in [0.15, 0.2) is 6.72 Å². The maximum Gasteiger partial charge on any atom is 0.155 e. The highest BCUT2D eigenvalue weighted by Crippen LogP contribution is 1.33. The number of hydrazone groups is 1. The van der Waals surface area contributed by atoms with Gasteiger partial charge in [0.2, 0.25) is 0 Å². The van der Waals surface area contributed by atoms with Crippen molar-refractivity contribution >= 4 is 6.72 Å². The molecule has 0 aliphatic carbocycles. The Bertz CT molecular complexity index is 37.9. The van der Waals surface area contributed by atoms with Gasteiger partial charge in [-0.05, 0) is 0 Å². The topological polar surface area (TPSA) is 17.2 Å². The summed E-state index contributed by atoms with van der Waals surface area (Å²) in [5.74, 6) is 0. The van der Waals surface area contributed by atoms with Crippen molar-refractivity contribution in [3.05, 3.63) is 0 Å². The summed E-state index contributed by atoms with van der Waals surface area (Å²) in [4.78, 5) is 0. The van der Waals surface area contributed by atoms with E-state index in [9.17, 15) is 0 Å². The van der Waals surface area contributed by atoms with Crippen molar-refractivity contribution in [2.24, 2.45) is 0 Å². The summed E-state index contributed by atoms with van der Waals surface area (Å²) in [6, 6.07) is 0. The monoisotopic (exact) mass is 143 g/mol. The van der Waals surface area contributed by atoms with Gasteiger partial charge in [0.25, 0.3) is 0 Å². The minimum atomic E-state index is 0. The fourth-order valence-electron chi connectivity index (χ4n) is 0. The van der Waals surface area contributed by atoms with E-state index in [1.807, 2.05) is 14.1 Å². The number of halogens is 2. The van der Waals surface area contributed by atoms with Crippen LogP contribution in [0.5, 0.6) is 0 Å². The molecule has 0 aromatic rings. The Hall–Kier alpha value is 0.0500. The zero-order valence-corrected chi connectivity index (χ0v) is 5.92. The normalized spacial score (nSPS) is 4.86. The third-order valence-corrected chi connectivity index (χ3v) is 0.316. The molecule has 0 amide bonds. The number of hydrazine groups is 1. The Morgan fingerprint density at radius 3 is 1.43 bits per heavy atom. The van der Waals surface area contributed by atoms with Crippen molar-refractivity contribution in [2.75, 3.05) is 14.1 Å². The molecule has 0 fully saturated rings. The van der Waals surface area contributed by atoms with E-state index in [4.69, 9.17) is 0 Å². The highest BCUT2D eigenvalue weighted by molar-refractivity contribution is 5.11. The van der Waals surface area contributed by atoms with Crippen molar-refractivity contribution in [1.29, 1.82) is 0 Å². The quantitative estimate of drug-likeness (QED) is 0.286. The van der Waals surface area contributed by atoms with Gasteiger partial charge in [-0.25, -0.2) is 0 Å². The Morgan fingerprint density at radius 2 is 1.43 bits per heavy atom. The minimum Gasteiger partial charge on any atom is -1.00 e. The van der Waals surface area contributed by atoms with Crippen LogP contribution in [0.4, 0.5) is 0 Å². The van der Waals surface area contributed by atoms with Crippen LogP contribution >= 0.6 is 0 Å². The first-order chi connectivity index (χ1) is 2.27. The fourth-order valence-corrected chi connectivity index (χ4v) is 0. The molecule has 0 atom stereocenters. The Balaban J connectivity index is -0.0000000800. The lowest BCUT2D eigenvalue weighted by Crippen LogP contribution is -3.00. The van der Waals surface area contributed by atoms with Gasteiger partial charge in [-0.1, -0.05) is 0 Å². The van der Waals surface area contributed by atoms with E-state index in [1.165, 1.54) is 0 Å². The average Bonchev–Trinajstić information content (AvgIpc) is 1.38. The summed E-state index contributed by atoms with van der Waals surface area (Å²) < 4.78 is 0. The summed E-state index contributed by atoms with van der Waals surface area (Å²) in [6.45, 7) is 3.36. The van der Waals surface area contributed by atoms with Crippen LogP contribution < -0.4 is 29.9 Å². The van der Waals surface area contributed by atoms with Gasteiger partial charge >= 0.3 is 0 Å². The maximum absolute atomic E-state index is 3.36. The number of hydrogen-bond donors (Lipinski definition) is 1. The average molecular weight is 144 g/mol. The Kier molecular flexibility index (Phi) is 21.1. The molecule has 2 nitrogen and oxygen atoms in total. The van der Waals surface area contributed by atoms with Gasteiger partial charge in [-0.3, -0.25) is 0 Å². The third-order valence-electron chi connectivity index (χ3n) is 0.316. The molecule has 0 saturated carbocycles. The zero-order chi connectivity index (χ0) is 4.28.